The maximum Gasteiger partial charge on any atom is 0.0595 e. The molecule has 106 valence electrons. The van der Waals surface area contributed by atoms with E-state index in [0.717, 1.165) is 44.7 Å². The maximum atomic E-state index is 6.22. The predicted octanol–water partition coefficient (Wildman–Crippen LogP) is 2.63. The molecule has 0 saturated carbocycles. The van der Waals surface area contributed by atoms with Crippen molar-refractivity contribution in [1.29, 1.82) is 0 Å². The van der Waals surface area contributed by atoms with Crippen LogP contribution in [0.25, 0.3) is 0 Å². The van der Waals surface area contributed by atoms with Crippen molar-refractivity contribution in [2.75, 3.05) is 39.8 Å². The number of hydrogen-bond donors (Lipinski definition) is 1. The van der Waals surface area contributed by atoms with Gasteiger partial charge >= 0.3 is 0 Å². The van der Waals surface area contributed by atoms with Crippen LogP contribution in [-0.2, 0) is 0 Å². The Balaban J connectivity index is 1.83. The molecule has 1 aromatic rings. The maximum absolute atomic E-state index is 6.22. The van der Waals surface area contributed by atoms with E-state index >= 15 is 0 Å². The summed E-state index contributed by atoms with van der Waals surface area (Å²) in [6, 6.07) is 5.67. The van der Waals surface area contributed by atoms with E-state index in [0.29, 0.717) is 10.0 Å². The molecule has 0 bridgehead atoms. The predicted molar refractivity (Wildman–Crippen MR) is 81.9 cm³/mol. The summed E-state index contributed by atoms with van der Waals surface area (Å²) < 4.78 is 0. The highest BCUT2D eigenvalue weighted by Gasteiger charge is 2.15. The first kappa shape index (κ1) is 15.1. The van der Waals surface area contributed by atoms with Gasteiger partial charge in [-0.05, 0) is 31.2 Å². The van der Waals surface area contributed by atoms with Crippen LogP contribution in [0.2, 0.25) is 10.0 Å². The van der Waals surface area contributed by atoms with Crippen LogP contribution >= 0.6 is 23.2 Å². The van der Waals surface area contributed by atoms with Gasteiger partial charge in [0.15, 0.2) is 0 Å². The molecule has 2 rings (SSSR count). The van der Waals surface area contributed by atoms with Gasteiger partial charge in [0.1, 0.15) is 0 Å². The van der Waals surface area contributed by atoms with Crippen LogP contribution in [0.5, 0.6) is 0 Å². The number of benzene rings is 1. The van der Waals surface area contributed by atoms with E-state index < -0.39 is 0 Å². The van der Waals surface area contributed by atoms with Gasteiger partial charge in [-0.3, -0.25) is 0 Å². The molecule has 2 N–H and O–H groups in total. The second kappa shape index (κ2) is 6.91. The molecule has 1 aliphatic heterocycles. The van der Waals surface area contributed by atoms with Gasteiger partial charge in [-0.1, -0.05) is 29.3 Å². The molecule has 0 amide bonds. The fraction of sp³-hybridized carbons (Fsp3) is 0.571. The van der Waals surface area contributed by atoms with Gasteiger partial charge in [0.25, 0.3) is 0 Å². The first-order valence-corrected chi connectivity index (χ1v) is 7.43. The summed E-state index contributed by atoms with van der Waals surface area (Å²) in [4.78, 5) is 4.83. The Morgan fingerprint density at radius 3 is 2.47 bits per heavy atom. The number of likely N-dealkylation sites (N-methyl/N-ethyl adjacent to an activating group) is 1. The molecule has 3 nitrogen and oxygen atoms in total. The van der Waals surface area contributed by atoms with Crippen molar-refractivity contribution in [1.82, 2.24) is 9.80 Å². The summed E-state index contributed by atoms with van der Waals surface area (Å²) in [7, 11) is 2.17. The van der Waals surface area contributed by atoms with Crippen LogP contribution < -0.4 is 5.73 Å². The first-order chi connectivity index (χ1) is 9.06. The highest BCUT2D eigenvalue weighted by atomic mass is 35.5. The third kappa shape index (κ3) is 4.33. The Morgan fingerprint density at radius 1 is 1.16 bits per heavy atom. The molecule has 0 aromatic heterocycles. The summed E-state index contributed by atoms with van der Waals surface area (Å²) in [6.07, 6.45) is 0.946. The first-order valence-electron chi connectivity index (χ1n) is 6.67. The second-order valence-corrected chi connectivity index (χ2v) is 6.03. The molecule has 0 radical (unpaired) electrons. The van der Waals surface area contributed by atoms with Crippen LogP contribution in [-0.4, -0.2) is 49.6 Å². The Kier molecular flexibility index (Phi) is 5.48. The third-order valence-electron chi connectivity index (χ3n) is 3.72. The van der Waals surface area contributed by atoms with Crippen LogP contribution in [0, 0.1) is 0 Å². The standard InChI is InChI=1S/C14H21Cl2N3/c1-18-6-8-19(9-7-18)5-4-14(17)11-2-3-12(15)13(16)10-11/h2-3,10,14H,4-9,17H2,1H3. The Hall–Kier alpha value is -0.320. The zero-order chi connectivity index (χ0) is 13.8. The molecule has 0 spiro atoms. The number of piperazine rings is 1. The summed E-state index contributed by atoms with van der Waals surface area (Å²) >= 11 is 11.9. The summed E-state index contributed by atoms with van der Waals surface area (Å²) in [5, 5.41) is 1.16. The van der Waals surface area contributed by atoms with Crippen molar-refractivity contribution in [3.8, 4) is 0 Å². The third-order valence-corrected chi connectivity index (χ3v) is 4.46. The van der Waals surface area contributed by atoms with Gasteiger partial charge in [0.05, 0.1) is 10.0 Å². The highest BCUT2D eigenvalue weighted by Crippen LogP contribution is 2.26. The second-order valence-electron chi connectivity index (χ2n) is 5.21. The van der Waals surface area contributed by atoms with E-state index in [1.54, 1.807) is 0 Å². The minimum absolute atomic E-state index is 0.0226. The molecule has 1 unspecified atom stereocenters. The molecular weight excluding hydrogens is 281 g/mol. The van der Waals surface area contributed by atoms with Crippen LogP contribution in [0.4, 0.5) is 0 Å². The van der Waals surface area contributed by atoms with E-state index in [2.05, 4.69) is 16.8 Å². The van der Waals surface area contributed by atoms with Gasteiger partial charge in [-0.25, -0.2) is 0 Å². The number of halogens is 2. The molecule has 1 aliphatic rings. The van der Waals surface area contributed by atoms with Gasteiger partial charge in [-0.2, -0.15) is 0 Å². The van der Waals surface area contributed by atoms with Crippen molar-refractivity contribution in [2.45, 2.75) is 12.5 Å². The van der Waals surface area contributed by atoms with Crippen molar-refractivity contribution in [3.63, 3.8) is 0 Å². The average Bonchev–Trinajstić information content (AvgIpc) is 2.41. The molecule has 1 heterocycles. The van der Waals surface area contributed by atoms with Gasteiger partial charge in [-0.15, -0.1) is 0 Å². The Labute approximate surface area is 125 Å². The molecule has 19 heavy (non-hydrogen) atoms. The zero-order valence-electron chi connectivity index (χ0n) is 11.3. The SMILES string of the molecule is CN1CCN(CCC(N)c2ccc(Cl)c(Cl)c2)CC1. The van der Waals surface area contributed by atoms with Crippen molar-refractivity contribution < 1.29 is 0 Å². The van der Waals surface area contributed by atoms with E-state index in [1.165, 1.54) is 0 Å². The number of nitrogens with two attached hydrogens (primary N) is 1. The lowest BCUT2D eigenvalue weighted by Gasteiger charge is -2.32. The molecule has 0 aliphatic carbocycles. The topological polar surface area (TPSA) is 32.5 Å². The number of hydrogen-bond acceptors (Lipinski definition) is 3. The van der Waals surface area contributed by atoms with Gasteiger partial charge in [0, 0.05) is 38.8 Å². The summed E-state index contributed by atoms with van der Waals surface area (Å²) in [5.74, 6) is 0. The monoisotopic (exact) mass is 301 g/mol. The van der Waals surface area contributed by atoms with E-state index in [4.69, 9.17) is 28.9 Å². The van der Waals surface area contributed by atoms with E-state index in [9.17, 15) is 0 Å². The fourth-order valence-corrected chi connectivity index (χ4v) is 2.61. The normalized spacial score (nSPS) is 19.6. The molecule has 1 aromatic carbocycles. The lowest BCUT2D eigenvalue weighted by molar-refractivity contribution is 0.150. The Morgan fingerprint density at radius 2 is 1.84 bits per heavy atom. The van der Waals surface area contributed by atoms with E-state index in [-0.39, 0.29) is 6.04 Å². The molecule has 5 heteroatoms. The van der Waals surface area contributed by atoms with Crippen molar-refractivity contribution >= 4 is 23.2 Å². The lowest BCUT2D eigenvalue weighted by atomic mass is 10.0. The Bertz CT molecular complexity index is 417. The quantitative estimate of drug-likeness (QED) is 0.928. The average molecular weight is 302 g/mol. The van der Waals surface area contributed by atoms with Gasteiger partial charge in [0.2, 0.25) is 0 Å². The van der Waals surface area contributed by atoms with Crippen molar-refractivity contribution in [3.05, 3.63) is 33.8 Å². The van der Waals surface area contributed by atoms with Crippen LogP contribution in [0.1, 0.15) is 18.0 Å². The summed E-state index contributed by atoms with van der Waals surface area (Å²) in [6.45, 7) is 5.58. The smallest absolute Gasteiger partial charge is 0.0595 e. The van der Waals surface area contributed by atoms with Gasteiger partial charge < -0.3 is 15.5 Å². The minimum Gasteiger partial charge on any atom is -0.324 e. The number of nitrogens with zero attached hydrogens (tertiary/aromatic N) is 2. The zero-order valence-corrected chi connectivity index (χ0v) is 12.8. The summed E-state index contributed by atoms with van der Waals surface area (Å²) in [5.41, 5.74) is 7.28. The molecular formula is C14H21Cl2N3. The lowest BCUT2D eigenvalue weighted by Crippen LogP contribution is -2.45. The van der Waals surface area contributed by atoms with E-state index in [1.807, 2.05) is 18.2 Å². The highest BCUT2D eigenvalue weighted by molar-refractivity contribution is 6.42. The minimum atomic E-state index is 0.0226. The molecule has 1 saturated heterocycles. The number of rotatable bonds is 4. The molecule has 1 atom stereocenters. The largest absolute Gasteiger partial charge is 0.324 e. The van der Waals surface area contributed by atoms with Crippen LogP contribution in [0.15, 0.2) is 18.2 Å². The molecule has 1 fully saturated rings. The van der Waals surface area contributed by atoms with Crippen molar-refractivity contribution in [2.24, 2.45) is 5.73 Å². The van der Waals surface area contributed by atoms with Crippen LogP contribution in [0.3, 0.4) is 0 Å². The fourth-order valence-electron chi connectivity index (χ4n) is 2.30.